The second kappa shape index (κ2) is 8.03. The van der Waals surface area contributed by atoms with Crippen LogP contribution in [0.1, 0.15) is 26.7 Å². The lowest BCUT2D eigenvalue weighted by Gasteiger charge is -2.31. The fraction of sp³-hybridized carbons (Fsp3) is 0.867. The van der Waals surface area contributed by atoms with Crippen LogP contribution >= 0.6 is 11.8 Å². The maximum absolute atomic E-state index is 12.7. The van der Waals surface area contributed by atoms with Crippen LogP contribution in [0.4, 0.5) is 0 Å². The summed E-state index contributed by atoms with van der Waals surface area (Å²) in [6.45, 7) is 8.54. The number of nitrogens with one attached hydrogen (secondary N) is 1. The third-order valence-corrected chi connectivity index (χ3v) is 5.45. The Bertz CT molecular complexity index is 372. The molecule has 2 saturated heterocycles. The SMILES string of the molecule is CCC(C)C1NC(=O)CCN(CCN2CCSCC2)C1=O. The van der Waals surface area contributed by atoms with Crippen LogP contribution in [0, 0.1) is 5.92 Å². The summed E-state index contributed by atoms with van der Waals surface area (Å²) in [4.78, 5) is 28.8. The van der Waals surface area contributed by atoms with Gasteiger partial charge in [0.2, 0.25) is 11.8 Å². The third-order valence-electron chi connectivity index (χ3n) is 4.51. The molecule has 120 valence electrons. The molecule has 0 radical (unpaired) electrons. The van der Waals surface area contributed by atoms with E-state index < -0.39 is 0 Å². The smallest absolute Gasteiger partial charge is 0.245 e. The summed E-state index contributed by atoms with van der Waals surface area (Å²) < 4.78 is 0. The number of hydrogen-bond acceptors (Lipinski definition) is 4. The van der Waals surface area contributed by atoms with Gasteiger partial charge in [0.25, 0.3) is 0 Å². The fourth-order valence-corrected chi connectivity index (χ4v) is 3.76. The lowest BCUT2D eigenvalue weighted by molar-refractivity contribution is -0.135. The largest absolute Gasteiger partial charge is 0.344 e. The first-order chi connectivity index (χ1) is 10.1. The van der Waals surface area contributed by atoms with Crippen molar-refractivity contribution in [3.63, 3.8) is 0 Å². The van der Waals surface area contributed by atoms with E-state index in [1.165, 1.54) is 11.5 Å². The third kappa shape index (κ3) is 4.61. The van der Waals surface area contributed by atoms with Gasteiger partial charge in [0.15, 0.2) is 0 Å². The number of nitrogens with zero attached hydrogens (tertiary/aromatic N) is 2. The highest BCUT2D eigenvalue weighted by atomic mass is 32.2. The molecule has 1 N–H and O–H groups in total. The van der Waals surface area contributed by atoms with Gasteiger partial charge in [0, 0.05) is 50.7 Å². The zero-order valence-corrected chi connectivity index (χ0v) is 14.0. The number of carbonyl (C=O) groups is 2. The van der Waals surface area contributed by atoms with Crippen LogP contribution in [-0.4, -0.2) is 71.9 Å². The Morgan fingerprint density at radius 1 is 1.24 bits per heavy atom. The molecule has 2 amide bonds. The molecule has 5 nitrogen and oxygen atoms in total. The lowest BCUT2D eigenvalue weighted by Crippen LogP contribution is -2.50. The summed E-state index contributed by atoms with van der Waals surface area (Å²) in [5.74, 6) is 2.66. The number of amides is 2. The van der Waals surface area contributed by atoms with Gasteiger partial charge < -0.3 is 10.2 Å². The Morgan fingerprint density at radius 3 is 2.62 bits per heavy atom. The number of thioether (sulfide) groups is 1. The maximum atomic E-state index is 12.7. The van der Waals surface area contributed by atoms with Crippen LogP contribution in [0.15, 0.2) is 0 Å². The minimum absolute atomic E-state index is 0.00511. The van der Waals surface area contributed by atoms with Crippen LogP contribution in [0.3, 0.4) is 0 Å². The van der Waals surface area contributed by atoms with Crippen molar-refractivity contribution in [1.82, 2.24) is 15.1 Å². The van der Waals surface area contributed by atoms with Gasteiger partial charge in [-0.3, -0.25) is 14.5 Å². The van der Waals surface area contributed by atoms with Gasteiger partial charge in [0.1, 0.15) is 6.04 Å². The maximum Gasteiger partial charge on any atom is 0.245 e. The van der Waals surface area contributed by atoms with Crippen molar-refractivity contribution in [3.8, 4) is 0 Å². The predicted molar refractivity (Wildman–Crippen MR) is 86.3 cm³/mol. The summed E-state index contributed by atoms with van der Waals surface area (Å²) in [6, 6.07) is -0.345. The highest BCUT2D eigenvalue weighted by molar-refractivity contribution is 7.99. The zero-order valence-electron chi connectivity index (χ0n) is 13.1. The molecule has 0 spiro atoms. The summed E-state index contributed by atoms with van der Waals surface area (Å²) in [5, 5.41) is 2.90. The van der Waals surface area contributed by atoms with Crippen molar-refractivity contribution in [3.05, 3.63) is 0 Å². The molecule has 2 fully saturated rings. The van der Waals surface area contributed by atoms with E-state index in [1.807, 2.05) is 23.6 Å². The minimum atomic E-state index is -0.345. The highest BCUT2D eigenvalue weighted by Gasteiger charge is 2.32. The van der Waals surface area contributed by atoms with Crippen LogP contribution in [-0.2, 0) is 9.59 Å². The van der Waals surface area contributed by atoms with E-state index >= 15 is 0 Å². The van der Waals surface area contributed by atoms with Crippen LogP contribution in [0.5, 0.6) is 0 Å². The zero-order chi connectivity index (χ0) is 15.2. The van der Waals surface area contributed by atoms with E-state index in [2.05, 4.69) is 17.1 Å². The quantitative estimate of drug-likeness (QED) is 0.816. The number of carbonyl (C=O) groups excluding carboxylic acids is 2. The van der Waals surface area contributed by atoms with Gasteiger partial charge in [0.05, 0.1) is 0 Å². The van der Waals surface area contributed by atoms with E-state index in [0.717, 1.165) is 32.6 Å². The van der Waals surface area contributed by atoms with Crippen molar-refractivity contribution in [2.45, 2.75) is 32.7 Å². The average Bonchev–Trinajstić information content (AvgIpc) is 2.65. The molecule has 2 heterocycles. The first-order valence-corrected chi connectivity index (χ1v) is 9.15. The fourth-order valence-electron chi connectivity index (χ4n) is 2.78. The second-order valence-corrected chi connectivity index (χ2v) is 7.18. The van der Waals surface area contributed by atoms with Crippen molar-refractivity contribution < 1.29 is 9.59 Å². The minimum Gasteiger partial charge on any atom is -0.344 e. The molecular formula is C15H27N3O2S. The molecule has 2 aliphatic rings. The first-order valence-electron chi connectivity index (χ1n) is 8.00. The normalized spacial score (nSPS) is 26.4. The van der Waals surface area contributed by atoms with Gasteiger partial charge in [-0.2, -0.15) is 11.8 Å². The molecule has 2 rings (SSSR count). The molecule has 2 atom stereocenters. The Morgan fingerprint density at radius 2 is 1.95 bits per heavy atom. The van der Waals surface area contributed by atoms with Gasteiger partial charge in [-0.05, 0) is 5.92 Å². The molecular weight excluding hydrogens is 286 g/mol. The van der Waals surface area contributed by atoms with Crippen LogP contribution in [0.2, 0.25) is 0 Å². The lowest BCUT2D eigenvalue weighted by atomic mass is 9.98. The van der Waals surface area contributed by atoms with E-state index in [4.69, 9.17) is 0 Å². The molecule has 0 saturated carbocycles. The number of rotatable bonds is 5. The molecule has 0 aromatic carbocycles. The Labute approximate surface area is 131 Å². The monoisotopic (exact) mass is 313 g/mol. The molecule has 0 aliphatic carbocycles. The van der Waals surface area contributed by atoms with Crippen LogP contribution in [0.25, 0.3) is 0 Å². The predicted octanol–water partition coefficient (Wildman–Crippen LogP) is 0.798. The second-order valence-electron chi connectivity index (χ2n) is 5.96. The van der Waals surface area contributed by atoms with Gasteiger partial charge >= 0.3 is 0 Å². The van der Waals surface area contributed by atoms with E-state index in [0.29, 0.717) is 13.0 Å². The molecule has 0 aromatic heterocycles. The molecule has 0 aromatic rings. The molecule has 2 aliphatic heterocycles. The van der Waals surface area contributed by atoms with Crippen molar-refractivity contribution in [2.75, 3.05) is 44.2 Å². The summed E-state index contributed by atoms with van der Waals surface area (Å²) in [6.07, 6.45) is 1.32. The van der Waals surface area contributed by atoms with Gasteiger partial charge in [-0.15, -0.1) is 0 Å². The molecule has 6 heteroatoms. The Balaban J connectivity index is 1.93. The van der Waals surface area contributed by atoms with Crippen LogP contribution < -0.4 is 5.32 Å². The average molecular weight is 313 g/mol. The molecule has 2 unspecified atom stereocenters. The standard InChI is InChI=1S/C15H27N3O2S/c1-3-12(2)14-15(20)18(5-4-13(19)16-14)7-6-17-8-10-21-11-9-17/h12,14H,3-11H2,1-2H3,(H,16,19). The van der Waals surface area contributed by atoms with Crippen molar-refractivity contribution in [2.24, 2.45) is 5.92 Å². The van der Waals surface area contributed by atoms with Gasteiger partial charge in [-0.25, -0.2) is 0 Å². The van der Waals surface area contributed by atoms with Crippen molar-refractivity contribution in [1.29, 1.82) is 0 Å². The van der Waals surface area contributed by atoms with E-state index in [9.17, 15) is 9.59 Å². The molecule has 0 bridgehead atoms. The summed E-state index contributed by atoms with van der Waals surface area (Å²) >= 11 is 1.99. The Kier molecular flexibility index (Phi) is 6.36. The van der Waals surface area contributed by atoms with Gasteiger partial charge in [-0.1, -0.05) is 20.3 Å². The Hall–Kier alpha value is -0.750. The number of hydrogen-bond donors (Lipinski definition) is 1. The summed E-state index contributed by atoms with van der Waals surface area (Å²) in [5.41, 5.74) is 0. The molecule has 21 heavy (non-hydrogen) atoms. The summed E-state index contributed by atoms with van der Waals surface area (Å²) in [7, 11) is 0. The topological polar surface area (TPSA) is 52.7 Å². The van der Waals surface area contributed by atoms with E-state index in [1.54, 1.807) is 0 Å². The highest BCUT2D eigenvalue weighted by Crippen LogP contribution is 2.15. The first kappa shape index (κ1) is 16.6. The van der Waals surface area contributed by atoms with Crippen molar-refractivity contribution >= 4 is 23.6 Å². The van der Waals surface area contributed by atoms with E-state index in [-0.39, 0.29) is 23.8 Å².